The number of carbonyl (C=O) groups excluding carboxylic acids is 2. The Morgan fingerprint density at radius 1 is 0.962 bits per heavy atom. The first-order chi connectivity index (χ1) is 12.3. The van der Waals surface area contributed by atoms with E-state index in [1.54, 1.807) is 48.5 Å². The van der Waals surface area contributed by atoms with Crippen molar-refractivity contribution in [3.05, 3.63) is 59.7 Å². The van der Waals surface area contributed by atoms with Crippen LogP contribution in [0.25, 0.3) is 0 Å². The molecule has 138 valence electrons. The summed E-state index contributed by atoms with van der Waals surface area (Å²) in [4.78, 5) is 25.7. The fourth-order valence-electron chi connectivity index (χ4n) is 2.40. The number of para-hydroxylation sites is 1. The Hall–Kier alpha value is -3.02. The number of nitrogens with zero attached hydrogens (tertiary/aromatic N) is 1. The molecule has 0 heterocycles. The molecule has 0 saturated heterocycles. The van der Waals surface area contributed by atoms with E-state index in [4.69, 9.17) is 9.47 Å². The fraction of sp³-hybridized carbons (Fsp3) is 0.300. The first-order valence-electron chi connectivity index (χ1n) is 8.20. The molecule has 0 spiro atoms. The first-order valence-corrected chi connectivity index (χ1v) is 8.20. The van der Waals surface area contributed by atoms with Crippen LogP contribution in [0.15, 0.2) is 48.5 Å². The molecule has 2 amide bonds. The predicted molar refractivity (Wildman–Crippen MR) is 99.4 cm³/mol. The number of hydrazine groups is 1. The minimum absolute atomic E-state index is 0.355. The average molecular weight is 356 g/mol. The number of hydrogen-bond donors (Lipinski definition) is 1. The predicted octanol–water partition coefficient (Wildman–Crippen LogP) is 3.29. The van der Waals surface area contributed by atoms with Gasteiger partial charge in [-0.05, 0) is 51.1 Å². The van der Waals surface area contributed by atoms with Gasteiger partial charge in [-0.3, -0.25) is 15.0 Å². The van der Waals surface area contributed by atoms with E-state index in [0.29, 0.717) is 22.6 Å². The molecule has 2 aromatic rings. The molecule has 2 aromatic carbocycles. The van der Waals surface area contributed by atoms with Gasteiger partial charge in [-0.15, -0.1) is 0 Å². The molecule has 0 radical (unpaired) electrons. The maximum absolute atomic E-state index is 13.1. The smallest absolute Gasteiger partial charge is 0.276 e. The second-order valence-corrected chi connectivity index (χ2v) is 6.68. The van der Waals surface area contributed by atoms with Crippen LogP contribution in [0.5, 0.6) is 11.5 Å². The van der Waals surface area contributed by atoms with Crippen LogP contribution in [0, 0.1) is 0 Å². The van der Waals surface area contributed by atoms with E-state index in [1.165, 1.54) is 19.2 Å². The Morgan fingerprint density at radius 2 is 1.65 bits per heavy atom. The largest absolute Gasteiger partial charge is 0.497 e. The van der Waals surface area contributed by atoms with Crippen LogP contribution in [0.1, 0.15) is 41.5 Å². The number of hydrogen-bond acceptors (Lipinski definition) is 4. The van der Waals surface area contributed by atoms with Gasteiger partial charge in [0, 0.05) is 5.56 Å². The summed E-state index contributed by atoms with van der Waals surface area (Å²) >= 11 is 0. The SMILES string of the molecule is COc1cccc(C(=O)NN(C(=O)c2ccccc2OC)C(C)(C)C)c1. The van der Waals surface area contributed by atoms with Gasteiger partial charge in [-0.1, -0.05) is 18.2 Å². The molecule has 0 aliphatic carbocycles. The molecule has 0 fully saturated rings. The topological polar surface area (TPSA) is 67.9 Å². The molecule has 6 nitrogen and oxygen atoms in total. The quantitative estimate of drug-likeness (QED) is 0.854. The summed E-state index contributed by atoms with van der Waals surface area (Å²) in [5.41, 5.74) is 2.83. The van der Waals surface area contributed by atoms with E-state index >= 15 is 0 Å². The molecule has 0 aromatic heterocycles. The van der Waals surface area contributed by atoms with E-state index in [1.807, 2.05) is 20.8 Å². The lowest BCUT2D eigenvalue weighted by Crippen LogP contribution is -2.55. The third-order valence-electron chi connectivity index (χ3n) is 3.76. The lowest BCUT2D eigenvalue weighted by Gasteiger charge is -2.35. The molecule has 6 heteroatoms. The van der Waals surface area contributed by atoms with Crippen molar-refractivity contribution in [3.63, 3.8) is 0 Å². The summed E-state index contributed by atoms with van der Waals surface area (Å²) in [6.45, 7) is 5.52. The zero-order chi connectivity index (χ0) is 19.3. The van der Waals surface area contributed by atoms with Crippen molar-refractivity contribution in [3.8, 4) is 11.5 Å². The van der Waals surface area contributed by atoms with Crippen molar-refractivity contribution in [2.75, 3.05) is 14.2 Å². The summed E-state index contributed by atoms with van der Waals surface area (Å²) in [6, 6.07) is 13.6. The lowest BCUT2D eigenvalue weighted by molar-refractivity contribution is 0.0356. The zero-order valence-corrected chi connectivity index (χ0v) is 15.7. The van der Waals surface area contributed by atoms with Gasteiger partial charge in [-0.25, -0.2) is 5.01 Å². The maximum atomic E-state index is 13.1. The van der Waals surface area contributed by atoms with Crippen LogP contribution in [0.2, 0.25) is 0 Å². The van der Waals surface area contributed by atoms with E-state index in [9.17, 15) is 9.59 Å². The van der Waals surface area contributed by atoms with Crippen LogP contribution < -0.4 is 14.9 Å². The van der Waals surface area contributed by atoms with E-state index in [0.717, 1.165) is 0 Å². The number of nitrogens with one attached hydrogen (secondary N) is 1. The number of benzene rings is 2. The number of ether oxygens (including phenoxy) is 2. The number of methoxy groups -OCH3 is 2. The zero-order valence-electron chi connectivity index (χ0n) is 15.7. The van der Waals surface area contributed by atoms with Gasteiger partial charge >= 0.3 is 0 Å². The molecule has 0 bridgehead atoms. The molecule has 0 atom stereocenters. The van der Waals surface area contributed by atoms with Gasteiger partial charge in [-0.2, -0.15) is 0 Å². The van der Waals surface area contributed by atoms with Gasteiger partial charge in [0.1, 0.15) is 11.5 Å². The summed E-state index contributed by atoms with van der Waals surface area (Å²) in [7, 11) is 3.03. The van der Waals surface area contributed by atoms with E-state index in [-0.39, 0.29) is 5.91 Å². The van der Waals surface area contributed by atoms with Crippen molar-refractivity contribution in [2.45, 2.75) is 26.3 Å². The maximum Gasteiger partial charge on any atom is 0.276 e. The normalized spacial score (nSPS) is 10.8. The fourth-order valence-corrected chi connectivity index (χ4v) is 2.40. The molecular formula is C20H24N2O4. The Morgan fingerprint density at radius 3 is 2.27 bits per heavy atom. The first kappa shape index (κ1) is 19.3. The third kappa shape index (κ3) is 4.33. The van der Waals surface area contributed by atoms with E-state index in [2.05, 4.69) is 5.43 Å². The minimum atomic E-state index is -0.646. The molecule has 0 unspecified atom stereocenters. The van der Waals surface area contributed by atoms with Crippen LogP contribution >= 0.6 is 0 Å². The van der Waals surface area contributed by atoms with Gasteiger partial charge in [0.15, 0.2) is 0 Å². The number of rotatable bonds is 4. The average Bonchev–Trinajstić information content (AvgIpc) is 2.64. The highest BCUT2D eigenvalue weighted by Gasteiger charge is 2.31. The van der Waals surface area contributed by atoms with Crippen molar-refractivity contribution >= 4 is 11.8 Å². The van der Waals surface area contributed by atoms with Crippen molar-refractivity contribution in [1.29, 1.82) is 0 Å². The third-order valence-corrected chi connectivity index (χ3v) is 3.76. The minimum Gasteiger partial charge on any atom is -0.497 e. The molecule has 2 rings (SSSR count). The number of carbonyl (C=O) groups is 2. The highest BCUT2D eigenvalue weighted by atomic mass is 16.5. The van der Waals surface area contributed by atoms with Gasteiger partial charge in [0.25, 0.3) is 11.8 Å². The second-order valence-electron chi connectivity index (χ2n) is 6.68. The molecule has 0 saturated carbocycles. The van der Waals surface area contributed by atoms with Gasteiger partial charge in [0.05, 0.1) is 25.3 Å². The highest BCUT2D eigenvalue weighted by Crippen LogP contribution is 2.23. The van der Waals surface area contributed by atoms with Crippen LogP contribution in [0.4, 0.5) is 0 Å². The Balaban J connectivity index is 2.33. The molecule has 26 heavy (non-hydrogen) atoms. The van der Waals surface area contributed by atoms with E-state index < -0.39 is 11.4 Å². The van der Waals surface area contributed by atoms with Crippen LogP contribution in [-0.4, -0.2) is 36.6 Å². The standard InChI is InChI=1S/C20H24N2O4/c1-20(2,3)22(19(24)16-11-6-7-12-17(16)26-5)21-18(23)14-9-8-10-15(13-14)25-4/h6-13H,1-5H3,(H,21,23). The summed E-state index contributed by atoms with van der Waals surface area (Å²) in [6.07, 6.45) is 0. The second kappa shape index (κ2) is 7.91. The van der Waals surface area contributed by atoms with Gasteiger partial charge in [0.2, 0.25) is 0 Å². The van der Waals surface area contributed by atoms with Crippen molar-refractivity contribution < 1.29 is 19.1 Å². The van der Waals surface area contributed by atoms with Crippen LogP contribution in [0.3, 0.4) is 0 Å². The Labute approximate surface area is 153 Å². The summed E-state index contributed by atoms with van der Waals surface area (Å²) in [5, 5.41) is 1.31. The monoisotopic (exact) mass is 356 g/mol. The Kier molecular flexibility index (Phi) is 5.87. The van der Waals surface area contributed by atoms with Gasteiger partial charge < -0.3 is 9.47 Å². The molecule has 0 aliphatic rings. The van der Waals surface area contributed by atoms with Crippen molar-refractivity contribution in [2.24, 2.45) is 0 Å². The lowest BCUT2D eigenvalue weighted by atomic mass is 10.1. The molecule has 0 aliphatic heterocycles. The van der Waals surface area contributed by atoms with Crippen molar-refractivity contribution in [1.82, 2.24) is 10.4 Å². The number of amides is 2. The molecule has 1 N–H and O–H groups in total. The van der Waals surface area contributed by atoms with Crippen LogP contribution in [-0.2, 0) is 0 Å². The highest BCUT2D eigenvalue weighted by molar-refractivity contribution is 6.01. The summed E-state index contributed by atoms with van der Waals surface area (Å²) < 4.78 is 10.4. The Bertz CT molecular complexity index is 796. The summed E-state index contributed by atoms with van der Waals surface area (Å²) in [5.74, 6) is 0.256. The molecular weight excluding hydrogens is 332 g/mol.